The van der Waals surface area contributed by atoms with Gasteiger partial charge in [-0.2, -0.15) is 0 Å². The van der Waals surface area contributed by atoms with Crippen molar-refractivity contribution in [3.63, 3.8) is 0 Å². The minimum Gasteiger partial charge on any atom is -0.402 e. The second-order valence-corrected chi connectivity index (χ2v) is 11.0. The first kappa shape index (κ1) is 71.0. The summed E-state index contributed by atoms with van der Waals surface area (Å²) in [4.78, 5) is 0. The van der Waals surface area contributed by atoms with E-state index in [1.807, 2.05) is 0 Å². The van der Waals surface area contributed by atoms with Gasteiger partial charge in [-0.1, -0.05) is 101 Å². The molecule has 0 amide bonds. The van der Waals surface area contributed by atoms with Crippen molar-refractivity contribution in [1.82, 2.24) is 0 Å². The molecule has 0 atom stereocenters. The van der Waals surface area contributed by atoms with Gasteiger partial charge in [0.05, 0.1) is 0 Å². The third-order valence-electron chi connectivity index (χ3n) is 6.82. The molecule has 4 aliphatic rings. The standard InChI is InChI=1S/2C7H14.2C7H12.4C2H4B.4Co.4Zr/c4*1-7-5-3-2-4-6-7;4*1-3-2;;;;;;;;/h2*7H,2-6H2,1H3;2*5H,2-4,6H2,1H3;4*1-2H2;;;;;;;;/q;;;;4*-2;;;;;;;;/i;;;;4*1T;;;;;;;;. The average Bonchev–Trinajstić information content (AvgIpc) is 3.07. The Morgan fingerprint density at radius 1 is 0.479 bits per heavy atom. The summed E-state index contributed by atoms with van der Waals surface area (Å²) in [6, 6.07) is 0. The van der Waals surface area contributed by atoms with E-state index < -0.39 is 0 Å². The fourth-order valence-corrected chi connectivity index (χ4v) is 4.61. The van der Waals surface area contributed by atoms with E-state index in [4.69, 9.17) is 5.48 Å². The van der Waals surface area contributed by atoms with E-state index in [-0.39, 0.29) is 172 Å². The zero-order valence-corrected chi connectivity index (χ0v) is 44.8. The first-order valence-electron chi connectivity index (χ1n) is 18.2. The fraction of sp³-hybridized carbons (Fsp3) is 0.667. The summed E-state index contributed by atoms with van der Waals surface area (Å²) in [6.07, 6.45) is 30.6. The molecule has 0 aromatic heterocycles. The van der Waals surface area contributed by atoms with Crippen LogP contribution in [0.25, 0.3) is 0 Å². The van der Waals surface area contributed by atoms with Gasteiger partial charge in [-0.3, -0.25) is 0 Å². The van der Waals surface area contributed by atoms with Gasteiger partial charge in [0, 0.05) is 172 Å². The average molecular weight is 1150 g/mol. The van der Waals surface area contributed by atoms with Gasteiger partial charge in [0.25, 0.3) is 0 Å². The van der Waals surface area contributed by atoms with Gasteiger partial charge < -0.3 is 83.6 Å². The van der Waals surface area contributed by atoms with Gasteiger partial charge in [-0.25, -0.2) is 5.48 Å². The van der Waals surface area contributed by atoms with E-state index in [9.17, 15) is 0 Å². The second kappa shape index (κ2) is 80.7. The quantitative estimate of drug-likeness (QED) is 0.150. The Morgan fingerprint density at radius 2 is 0.708 bits per heavy atom. The molecule has 48 heavy (non-hydrogen) atoms. The molecule has 0 heterocycles. The van der Waals surface area contributed by atoms with Crippen molar-refractivity contribution < 1.29 is 177 Å². The summed E-state index contributed by atoms with van der Waals surface area (Å²) >= 11 is 0. The Hall–Kier alpha value is 5.30. The molecule has 0 aromatic rings. The van der Waals surface area contributed by atoms with E-state index >= 15 is 0 Å². The summed E-state index contributed by atoms with van der Waals surface area (Å²) in [6.45, 7) is 26.7. The van der Waals surface area contributed by atoms with E-state index in [1.54, 1.807) is 11.1 Å². The molecule has 0 nitrogen and oxygen atoms in total. The summed E-state index contributed by atoms with van der Waals surface area (Å²) in [7, 11) is 5.67. The minimum atomic E-state index is 0. The van der Waals surface area contributed by atoms with Gasteiger partial charge in [-0.15, -0.1) is 0 Å². The van der Waals surface area contributed by atoms with Crippen molar-refractivity contribution in [2.24, 2.45) is 11.8 Å². The fourth-order valence-electron chi connectivity index (χ4n) is 4.61. The third-order valence-corrected chi connectivity index (χ3v) is 6.82. The monoisotopic (exact) mass is 1150 g/mol. The van der Waals surface area contributed by atoms with E-state index in [0.29, 0.717) is 0 Å². The molecule has 4 rings (SSSR count). The first-order valence-corrected chi connectivity index (χ1v) is 15.9. The van der Waals surface area contributed by atoms with Crippen LogP contribution in [-0.4, -0.2) is 29.1 Å². The Labute approximate surface area is 433 Å². The number of hydrogen-bond acceptors (Lipinski definition) is 0. The van der Waals surface area contributed by atoms with Crippen molar-refractivity contribution in [2.45, 2.75) is 143 Å². The summed E-state index contributed by atoms with van der Waals surface area (Å²) < 4.78 is 24.8. The van der Waals surface area contributed by atoms with E-state index in [1.165, 1.54) is 145 Å². The molecule has 0 saturated heterocycles. The van der Waals surface area contributed by atoms with Gasteiger partial charge in [0.15, 0.2) is 0 Å². The van der Waals surface area contributed by atoms with Crippen LogP contribution in [0.5, 0.6) is 0 Å². The molecule has 284 valence electrons. The molecular weight excluding hydrogens is 1080 g/mol. The minimum absolute atomic E-state index is 0. The third kappa shape index (κ3) is 93.3. The maximum absolute atomic E-state index is 6.21. The van der Waals surface area contributed by atoms with Gasteiger partial charge >= 0.3 is 0 Å². The zero-order chi connectivity index (χ0) is 34.1. The first-order chi connectivity index (χ1) is 21.2. The van der Waals surface area contributed by atoms with Crippen LogP contribution < -0.4 is 0 Å². The SMILES string of the molecule is CC1=CCCCC1.CC1=CCCCC1.CC1CCCCC1.CC1CCCCC1.[3H][CH-][B][CH2-].[3H][CH-][B][CH2-].[3H][CH-][B][CH2-].[3H][CH-][B][CH2-].[Co].[Co].[Co].[Co].[Zr].[Zr].[Zr].[Zr]. The van der Waals surface area contributed by atoms with Crippen molar-refractivity contribution in [3.8, 4) is 0 Å². The van der Waals surface area contributed by atoms with E-state index in [0.717, 1.165) is 39.0 Å². The molecule has 0 aliphatic heterocycles. The summed E-state index contributed by atoms with van der Waals surface area (Å²) in [5, 5.41) is 0. The molecule has 2 fully saturated rings. The van der Waals surface area contributed by atoms with Crippen molar-refractivity contribution >= 4 is 29.1 Å². The van der Waals surface area contributed by atoms with E-state index in [2.05, 4.69) is 67.1 Å². The van der Waals surface area contributed by atoms with Crippen molar-refractivity contribution in [3.05, 3.63) is 77.8 Å². The molecule has 0 bridgehead atoms. The molecule has 8 radical (unpaired) electrons. The zero-order valence-electron chi connectivity index (χ0n) is 34.8. The van der Waals surface area contributed by atoms with Gasteiger partial charge in [-0.05, 0) is 77.0 Å². The Balaban J connectivity index is -0.0000000349. The largest absolute Gasteiger partial charge is 0.402 e. The number of allylic oxidation sites excluding steroid dienone is 4. The molecule has 0 unspecified atom stereocenters. The van der Waals surface area contributed by atoms with Crippen molar-refractivity contribution in [2.75, 3.05) is 0 Å². The van der Waals surface area contributed by atoms with Gasteiger partial charge in [0.2, 0.25) is 0 Å². The Morgan fingerprint density at radius 3 is 0.792 bits per heavy atom. The van der Waals surface area contributed by atoms with Crippen LogP contribution in [0.4, 0.5) is 0 Å². The van der Waals surface area contributed by atoms with Crippen molar-refractivity contribution in [1.29, 1.82) is 0 Å². The molecule has 4 aliphatic carbocycles. The maximum atomic E-state index is 6.21. The maximum Gasteiger partial charge on any atom is 0 e. The van der Waals surface area contributed by atoms with Crippen LogP contribution in [0.15, 0.2) is 23.3 Å². The van der Waals surface area contributed by atoms with Crippen LogP contribution >= 0.6 is 0 Å². The van der Waals surface area contributed by atoms with Crippen LogP contribution in [0.3, 0.4) is 0 Å². The Kier molecular flexibility index (Phi) is 119. The molecule has 0 spiro atoms. The number of rotatable bonds is 4. The van der Waals surface area contributed by atoms with Crippen LogP contribution in [0.2, 0.25) is 0 Å². The second-order valence-electron chi connectivity index (χ2n) is 11.0. The molecule has 0 N–H and O–H groups in total. The predicted octanol–water partition coefficient (Wildman–Crippen LogP) is 11.3. The van der Waals surface area contributed by atoms with Crippen LogP contribution in [0.1, 0.15) is 149 Å². The topological polar surface area (TPSA) is 0 Å². The van der Waals surface area contributed by atoms with Gasteiger partial charge in [0.1, 0.15) is 0 Å². The molecule has 12 heteroatoms. The molecule has 0 aromatic carbocycles. The molecule has 2 saturated carbocycles. The Bertz CT molecular complexity index is 526. The molecular formula is C36H68B4Co4Zr4-8. The predicted molar refractivity (Wildman–Crippen MR) is 195 cm³/mol. The van der Waals surface area contributed by atoms with Crippen LogP contribution in [0, 0.1) is 66.3 Å². The summed E-state index contributed by atoms with van der Waals surface area (Å²) in [5.74, 6) is 2.07. The van der Waals surface area contributed by atoms with Crippen LogP contribution in [-0.2, 0) is 172 Å². The smallest absolute Gasteiger partial charge is 0 e. The number of hydrogen-bond donors (Lipinski definition) is 0. The normalized spacial score (nSPS) is 15.9. The summed E-state index contributed by atoms with van der Waals surface area (Å²) in [5.41, 5.74) is 3.18.